The molecule has 8 atom stereocenters. The molecule has 0 spiro atoms. The molecule has 1 amide bonds. The summed E-state index contributed by atoms with van der Waals surface area (Å²) >= 11 is 0. The Bertz CT molecular complexity index is 1110. The smallest absolute Gasteiger partial charge is 0.394 e. The van der Waals surface area contributed by atoms with Crippen LogP contribution in [-0.4, -0.2) is 107 Å². The molecule has 0 aromatic heterocycles. The normalized spacial score (nSPS) is 21.7. The van der Waals surface area contributed by atoms with E-state index < -0.39 is 78.5 Å². The Balaban J connectivity index is 2.60. The van der Waals surface area contributed by atoms with Crippen LogP contribution < -0.4 is 5.32 Å². The minimum atomic E-state index is -5.11. The molecule has 0 aromatic rings. The van der Waals surface area contributed by atoms with Crippen molar-refractivity contribution in [3.05, 3.63) is 12.2 Å². The van der Waals surface area contributed by atoms with Gasteiger partial charge in [0.2, 0.25) is 5.91 Å². The number of carbonyl (C=O) groups excluding carboxylic acids is 1. The second-order valence-electron chi connectivity index (χ2n) is 16.5. The molecule has 8 unspecified atom stereocenters. The van der Waals surface area contributed by atoms with Crippen LogP contribution in [0.5, 0.6) is 0 Å². The summed E-state index contributed by atoms with van der Waals surface area (Å²) in [5.74, 6) is -0.701. The van der Waals surface area contributed by atoms with Crippen molar-refractivity contribution < 1.29 is 57.0 Å². The van der Waals surface area contributed by atoms with Crippen molar-refractivity contribution in [3.63, 3.8) is 0 Å². The van der Waals surface area contributed by atoms with Crippen LogP contribution in [0.25, 0.3) is 0 Å². The number of aliphatic hydroxyl groups is 5. The third kappa shape index (κ3) is 27.6. The van der Waals surface area contributed by atoms with Gasteiger partial charge in [-0.05, 0) is 19.3 Å². The Labute approximate surface area is 352 Å². The lowest BCUT2D eigenvalue weighted by Gasteiger charge is -2.41. The van der Waals surface area contributed by atoms with Gasteiger partial charge in [-0.3, -0.25) is 9.35 Å². The summed E-state index contributed by atoms with van der Waals surface area (Å²) < 4.78 is 47.5. The van der Waals surface area contributed by atoms with E-state index >= 15 is 0 Å². The predicted octanol–water partition coefficient (Wildman–Crippen LogP) is 7.75. The zero-order chi connectivity index (χ0) is 42.9. The van der Waals surface area contributed by atoms with Crippen LogP contribution in [0.15, 0.2) is 12.2 Å². The highest BCUT2D eigenvalue weighted by atomic mass is 32.3. The summed E-state index contributed by atoms with van der Waals surface area (Å²) in [4.78, 5) is 13.1. The van der Waals surface area contributed by atoms with E-state index in [4.69, 9.17) is 9.47 Å². The van der Waals surface area contributed by atoms with Gasteiger partial charge in [0.05, 0.1) is 25.4 Å². The molecule has 14 heteroatoms. The molecule has 0 aromatic carbocycles. The Morgan fingerprint density at radius 2 is 1.12 bits per heavy atom. The first kappa shape index (κ1) is 54.8. The summed E-state index contributed by atoms with van der Waals surface area (Å²) in [6.45, 7) is 3.21. The van der Waals surface area contributed by atoms with E-state index in [0.717, 1.165) is 38.5 Å². The molecule has 0 aliphatic carbocycles. The van der Waals surface area contributed by atoms with Crippen molar-refractivity contribution in [2.45, 2.75) is 249 Å². The Morgan fingerprint density at radius 3 is 1.55 bits per heavy atom. The standard InChI is InChI=1S/C44H85NO12S/c1-3-5-7-9-11-13-15-17-18-19-21-22-24-26-28-30-32-37(47)36(35-55-44-41(50)42(57-58(52,53)54)40(49)39(34-46)56-44)45-43(51)38(48)33-31-29-27-25-23-20-16-14-12-10-8-6-4-2/h30,32,36-42,44,46-50H,3-29,31,33-35H2,1-2H3,(H,45,51)(H,52,53,54)/b32-30+. The van der Waals surface area contributed by atoms with Crippen LogP contribution in [0.2, 0.25) is 0 Å². The molecular formula is C44H85NO12S. The van der Waals surface area contributed by atoms with Gasteiger partial charge in [0, 0.05) is 0 Å². The van der Waals surface area contributed by atoms with Crippen LogP contribution in [0.3, 0.4) is 0 Å². The summed E-state index contributed by atoms with van der Waals surface area (Å²) in [7, 11) is -5.11. The van der Waals surface area contributed by atoms with Crippen molar-refractivity contribution in [1.29, 1.82) is 0 Å². The van der Waals surface area contributed by atoms with E-state index in [9.17, 15) is 43.3 Å². The SMILES string of the molecule is CCCCCCCCCCCCCCCC/C=C/C(O)C(COC1OC(CO)C(O)C(OS(=O)(=O)O)C1O)NC(=O)C(O)CCCCCCCCCCCCCCC. The number of ether oxygens (including phenoxy) is 2. The van der Waals surface area contributed by atoms with Crippen LogP contribution >= 0.6 is 0 Å². The minimum Gasteiger partial charge on any atom is -0.394 e. The van der Waals surface area contributed by atoms with Crippen molar-refractivity contribution in [3.8, 4) is 0 Å². The van der Waals surface area contributed by atoms with Crippen molar-refractivity contribution >= 4 is 16.3 Å². The maximum Gasteiger partial charge on any atom is 0.397 e. The van der Waals surface area contributed by atoms with Crippen LogP contribution in [0.1, 0.15) is 200 Å². The fourth-order valence-corrected chi connectivity index (χ4v) is 7.97. The fraction of sp³-hybridized carbons (Fsp3) is 0.932. The Morgan fingerprint density at radius 1 is 0.690 bits per heavy atom. The number of nitrogens with one attached hydrogen (secondary N) is 1. The molecule has 1 aliphatic rings. The van der Waals surface area contributed by atoms with Crippen LogP contribution in [0, 0.1) is 0 Å². The minimum absolute atomic E-state index is 0.247. The average molecular weight is 852 g/mol. The predicted molar refractivity (Wildman–Crippen MR) is 228 cm³/mol. The van der Waals surface area contributed by atoms with Crippen LogP contribution in [-0.2, 0) is 28.9 Å². The van der Waals surface area contributed by atoms with Gasteiger partial charge in [0.15, 0.2) is 6.29 Å². The molecule has 13 nitrogen and oxygen atoms in total. The van der Waals surface area contributed by atoms with Gasteiger partial charge in [-0.2, -0.15) is 8.42 Å². The van der Waals surface area contributed by atoms with Gasteiger partial charge in [-0.15, -0.1) is 0 Å². The zero-order valence-corrected chi connectivity index (χ0v) is 37.1. The Hall–Kier alpha value is -1.20. The summed E-state index contributed by atoms with van der Waals surface area (Å²) in [6, 6.07) is -1.11. The fourth-order valence-electron chi connectivity index (χ4n) is 7.46. The molecule has 1 heterocycles. The lowest BCUT2D eigenvalue weighted by Crippen LogP contribution is -2.61. The van der Waals surface area contributed by atoms with Crippen molar-refractivity contribution in [2.75, 3.05) is 13.2 Å². The molecule has 1 aliphatic heterocycles. The molecule has 0 radical (unpaired) electrons. The summed E-state index contributed by atoms with van der Waals surface area (Å²) in [6.07, 6.45) is 25.8. The van der Waals surface area contributed by atoms with Gasteiger partial charge in [0.1, 0.15) is 30.5 Å². The average Bonchev–Trinajstić information content (AvgIpc) is 3.19. The topological polar surface area (TPSA) is 212 Å². The molecular weight excluding hydrogens is 767 g/mol. The molecule has 344 valence electrons. The third-order valence-electron chi connectivity index (χ3n) is 11.2. The first-order valence-electron chi connectivity index (χ1n) is 23.2. The number of rotatable bonds is 39. The van der Waals surface area contributed by atoms with Crippen molar-refractivity contribution in [2.24, 2.45) is 0 Å². The van der Waals surface area contributed by atoms with Gasteiger partial charge >= 0.3 is 10.4 Å². The van der Waals surface area contributed by atoms with Crippen molar-refractivity contribution in [1.82, 2.24) is 5.32 Å². The first-order valence-corrected chi connectivity index (χ1v) is 24.5. The number of allylic oxidation sites excluding steroid dienone is 1. The molecule has 1 saturated heterocycles. The van der Waals surface area contributed by atoms with Gasteiger partial charge in [0.25, 0.3) is 0 Å². The molecule has 1 rings (SSSR count). The number of carbonyl (C=O) groups is 1. The second kappa shape index (κ2) is 35.4. The maximum atomic E-state index is 13.1. The highest BCUT2D eigenvalue weighted by Crippen LogP contribution is 2.26. The third-order valence-corrected chi connectivity index (χ3v) is 11.6. The van der Waals surface area contributed by atoms with E-state index in [1.165, 1.54) is 134 Å². The number of aliphatic hydroxyl groups excluding tert-OH is 5. The Kier molecular flexibility index (Phi) is 33.5. The van der Waals surface area contributed by atoms with Gasteiger partial charge in [-0.25, -0.2) is 4.18 Å². The lowest BCUT2D eigenvalue weighted by molar-refractivity contribution is -0.298. The maximum absolute atomic E-state index is 13.1. The zero-order valence-electron chi connectivity index (χ0n) is 36.2. The molecule has 58 heavy (non-hydrogen) atoms. The summed E-state index contributed by atoms with van der Waals surface area (Å²) in [5, 5.41) is 55.2. The quantitative estimate of drug-likeness (QED) is 0.0180. The molecule has 7 N–H and O–H groups in total. The molecule has 0 bridgehead atoms. The second-order valence-corrected chi connectivity index (χ2v) is 17.5. The highest BCUT2D eigenvalue weighted by Gasteiger charge is 2.48. The van der Waals surface area contributed by atoms with Gasteiger partial charge in [-0.1, -0.05) is 193 Å². The number of amides is 1. The largest absolute Gasteiger partial charge is 0.397 e. The van der Waals surface area contributed by atoms with E-state index in [0.29, 0.717) is 12.8 Å². The van der Waals surface area contributed by atoms with Gasteiger partial charge < -0.3 is 40.3 Å². The monoisotopic (exact) mass is 852 g/mol. The summed E-state index contributed by atoms with van der Waals surface area (Å²) in [5.41, 5.74) is 0. The number of hydrogen-bond acceptors (Lipinski definition) is 11. The van der Waals surface area contributed by atoms with E-state index in [1.54, 1.807) is 0 Å². The number of hydrogen-bond donors (Lipinski definition) is 7. The molecule has 0 saturated carbocycles. The first-order chi connectivity index (χ1) is 27.9. The highest BCUT2D eigenvalue weighted by molar-refractivity contribution is 7.80. The lowest BCUT2D eigenvalue weighted by atomic mass is 9.99. The van der Waals surface area contributed by atoms with E-state index in [1.807, 2.05) is 6.08 Å². The molecule has 1 fully saturated rings. The number of unbranched alkanes of at least 4 members (excludes halogenated alkanes) is 26. The van der Waals surface area contributed by atoms with Crippen LogP contribution in [0.4, 0.5) is 0 Å². The van der Waals surface area contributed by atoms with E-state index in [2.05, 4.69) is 23.3 Å². The van der Waals surface area contributed by atoms with E-state index in [-0.39, 0.29) is 6.42 Å².